The molecule has 14 atom stereocenters. The first-order valence-electron chi connectivity index (χ1n) is 24.1. The van der Waals surface area contributed by atoms with Crippen molar-refractivity contribution in [1.29, 1.82) is 0 Å². The second kappa shape index (κ2) is 24.2. The van der Waals surface area contributed by atoms with Gasteiger partial charge >= 0.3 is 18.1 Å². The molecule has 4 aliphatic rings. The van der Waals surface area contributed by atoms with E-state index in [2.05, 4.69) is 10.3 Å². The zero-order chi connectivity index (χ0) is 53.0. The van der Waals surface area contributed by atoms with E-state index in [1.165, 1.54) is 55.5 Å². The lowest BCUT2D eigenvalue weighted by Crippen LogP contribution is -2.62. The largest absolute Gasteiger partial charge is 0.493 e. The first-order chi connectivity index (χ1) is 34.0. The van der Waals surface area contributed by atoms with Crippen LogP contribution < -0.4 is 14.8 Å². The van der Waals surface area contributed by atoms with Crippen molar-refractivity contribution in [3.8, 4) is 11.5 Å². The molecule has 72 heavy (non-hydrogen) atoms. The molecule has 4 fully saturated rings. The van der Waals surface area contributed by atoms with E-state index in [0.29, 0.717) is 38.5 Å². The average Bonchev–Trinajstić information content (AvgIpc) is 3.63. The first-order valence-corrected chi connectivity index (χ1v) is 26.1. The molecule has 6 rings (SSSR count). The van der Waals surface area contributed by atoms with E-state index in [0.717, 1.165) is 0 Å². The van der Waals surface area contributed by atoms with Gasteiger partial charge < -0.3 is 68.1 Å². The number of methoxy groups -OCH3 is 2. The Morgan fingerprint density at radius 2 is 1.65 bits per heavy atom. The number of nitrogens with zero attached hydrogens (tertiary/aromatic N) is 4. The van der Waals surface area contributed by atoms with Crippen molar-refractivity contribution in [2.45, 2.75) is 126 Å². The lowest BCUT2D eigenvalue weighted by atomic mass is 9.74. The normalized spacial score (nSPS) is 33.8. The van der Waals surface area contributed by atoms with E-state index < -0.39 is 99.7 Å². The number of hydrogen-bond acceptors (Lipinski definition) is 16. The number of alkyl halides is 1. The molecular formula is C49H68Cl2IN5O15. The molecule has 4 saturated heterocycles. The molecule has 0 bridgehead atoms. The number of rotatable bonds is 12. The predicted molar refractivity (Wildman–Crippen MR) is 271 cm³/mol. The summed E-state index contributed by atoms with van der Waals surface area (Å²) in [6.07, 6.45) is -3.16. The molecule has 4 aliphatic heterocycles. The summed E-state index contributed by atoms with van der Waals surface area (Å²) < 4.78 is 47.3. The van der Waals surface area contributed by atoms with Crippen molar-refractivity contribution in [2.24, 2.45) is 23.7 Å². The number of aromatic nitrogens is 1. The Balaban J connectivity index is 1.23. The maximum absolute atomic E-state index is 14.9. The van der Waals surface area contributed by atoms with Gasteiger partial charge in [-0.2, -0.15) is 0 Å². The van der Waals surface area contributed by atoms with Crippen molar-refractivity contribution in [3.05, 3.63) is 46.2 Å². The Bertz CT molecular complexity index is 2260. The van der Waals surface area contributed by atoms with Crippen LogP contribution in [0.1, 0.15) is 78.1 Å². The lowest BCUT2D eigenvalue weighted by molar-refractivity contribution is -0.300. The number of urea groups is 1. The molecule has 400 valence electrons. The van der Waals surface area contributed by atoms with Crippen molar-refractivity contribution < 1.29 is 72.1 Å². The van der Waals surface area contributed by atoms with Gasteiger partial charge in [-0.25, -0.2) is 9.59 Å². The van der Waals surface area contributed by atoms with E-state index in [1.807, 2.05) is 29.5 Å². The average molecular weight is 1160 g/mol. The van der Waals surface area contributed by atoms with Gasteiger partial charge in [0, 0.05) is 69.5 Å². The molecule has 4 amide bonds. The Morgan fingerprint density at radius 3 is 2.29 bits per heavy atom. The summed E-state index contributed by atoms with van der Waals surface area (Å²) in [7, 11) is 4.53. The topological polar surface area (TPSA) is 234 Å². The molecule has 0 unspecified atom stereocenters. The highest BCUT2D eigenvalue weighted by atomic mass is 127. The SMILES string of the molecule is COc1ccc(C(=O)Nc2c(Cl)cncc2Cl)cc1OCCCN1C(=O)O[C@]2(C)[C@@H](I)OC(=O)[C@H](C)[C@@H](O)[C@H](C)[C@@H](O[C@@H]3O[C@H](C)C[C@H](N(C)C(=O)N4CCOCC4)[C@H]3O)[C@](C)(OC)C[C@@H](C)C(=O)[C@H](C)[C@@H]12. The number of ether oxygens (including phenoxy) is 8. The molecule has 1 aromatic heterocycles. The minimum absolute atomic E-state index is 0.0264. The number of ketones is 1. The van der Waals surface area contributed by atoms with Crippen molar-refractivity contribution in [3.63, 3.8) is 0 Å². The van der Waals surface area contributed by atoms with E-state index in [1.54, 1.807) is 52.6 Å². The summed E-state index contributed by atoms with van der Waals surface area (Å²) in [5.74, 6) is -4.75. The minimum atomic E-state index is -1.55. The van der Waals surface area contributed by atoms with Crippen molar-refractivity contribution >= 4 is 81.3 Å². The van der Waals surface area contributed by atoms with Crippen LogP contribution in [0.15, 0.2) is 30.6 Å². The number of carbonyl (C=O) groups excluding carboxylic acids is 5. The van der Waals surface area contributed by atoms with Crippen LogP contribution >= 0.6 is 45.8 Å². The molecule has 0 aliphatic carbocycles. The summed E-state index contributed by atoms with van der Waals surface area (Å²) >= 11 is 14.3. The number of esters is 1. The minimum Gasteiger partial charge on any atom is -0.493 e. The monoisotopic (exact) mass is 1160 g/mol. The number of Topliss-reactive ketones (excluding diaryl/α,β-unsaturated/α-hetero) is 1. The van der Waals surface area contributed by atoms with E-state index in [-0.39, 0.29) is 64.9 Å². The molecule has 5 heterocycles. The number of likely N-dealkylation sites (N-methyl/N-ethyl adjacent to an activating group) is 1. The quantitative estimate of drug-likeness (QED) is 0.0927. The van der Waals surface area contributed by atoms with E-state index in [4.69, 9.17) is 61.1 Å². The number of amides is 4. The smallest absolute Gasteiger partial charge is 0.410 e. The van der Waals surface area contributed by atoms with E-state index in [9.17, 15) is 34.2 Å². The maximum Gasteiger partial charge on any atom is 0.410 e. The number of fused-ring (bicyclic) bond motifs is 1. The highest BCUT2D eigenvalue weighted by molar-refractivity contribution is 14.1. The van der Waals surface area contributed by atoms with Gasteiger partial charge in [-0.1, -0.05) is 44.0 Å². The van der Waals surface area contributed by atoms with Gasteiger partial charge in [-0.15, -0.1) is 0 Å². The molecule has 2 aromatic rings. The Hall–Kier alpha value is -3.81. The van der Waals surface area contributed by atoms with Gasteiger partial charge in [0.15, 0.2) is 27.5 Å². The van der Waals surface area contributed by atoms with Crippen LogP contribution in [0.5, 0.6) is 11.5 Å². The number of anilines is 1. The van der Waals surface area contributed by atoms with E-state index >= 15 is 0 Å². The zero-order valence-electron chi connectivity index (χ0n) is 42.3. The van der Waals surface area contributed by atoms with Crippen LogP contribution in [0.25, 0.3) is 0 Å². The Labute approximate surface area is 444 Å². The number of morpholine rings is 1. The molecule has 23 heteroatoms. The number of hydrogen-bond donors (Lipinski definition) is 3. The van der Waals surface area contributed by atoms with Gasteiger partial charge in [-0.05, 0) is 87.7 Å². The fourth-order valence-corrected chi connectivity index (χ4v) is 11.5. The molecule has 1 aromatic carbocycles. The number of benzene rings is 1. The standard InChI is InChI=1S/C49H68Cl2IN5O15/c1-25-22-48(6,66-10)41(70-44-39(60)33(20-26(2)69-44)55(8)46(63)56-15-18-67-19-16-56)28(4)38(59)29(5)43(62)71-45(52)49(7)40(27(3)37(25)58)57(47(64)72-49)14-11-17-68-35-21-30(12-13-34(35)65-9)42(61)54-36-31(50)23-53-24-32(36)51/h12-13,21,23-29,33,38-41,44-45,59-60H,11,14-20,22H2,1-10H3,(H,53,54,61)/t25-,26-,27+,28+,29-,33+,38+,39-,40-,41-,44+,45+,48-,49+/m1/s1. The summed E-state index contributed by atoms with van der Waals surface area (Å²) in [5, 5.41) is 27.0. The van der Waals surface area contributed by atoms with Crippen LogP contribution in [0.2, 0.25) is 10.0 Å². The van der Waals surface area contributed by atoms with Crippen molar-refractivity contribution in [2.75, 3.05) is 66.0 Å². The number of aliphatic hydroxyl groups excluding tert-OH is 2. The predicted octanol–water partition coefficient (Wildman–Crippen LogP) is 6.22. The summed E-state index contributed by atoms with van der Waals surface area (Å²) in [4.78, 5) is 78.4. The second-order valence-electron chi connectivity index (χ2n) is 19.6. The highest BCUT2D eigenvalue weighted by Gasteiger charge is 2.60. The summed E-state index contributed by atoms with van der Waals surface area (Å²) in [5.41, 5.74) is -2.53. The fraction of sp³-hybridized carbons (Fsp3) is 0.673. The van der Waals surface area contributed by atoms with Crippen LogP contribution in [0.4, 0.5) is 15.3 Å². The van der Waals surface area contributed by atoms with Crippen LogP contribution in [0, 0.1) is 23.7 Å². The third-order valence-corrected chi connectivity index (χ3v) is 16.6. The van der Waals surface area contributed by atoms with Gasteiger partial charge in [0.05, 0.1) is 84.6 Å². The lowest BCUT2D eigenvalue weighted by Gasteiger charge is -2.48. The zero-order valence-corrected chi connectivity index (χ0v) is 46.0. The van der Waals surface area contributed by atoms with Gasteiger partial charge in [-0.3, -0.25) is 19.4 Å². The number of pyridine rings is 1. The number of carbonyl (C=O) groups is 5. The third-order valence-electron chi connectivity index (χ3n) is 14.5. The summed E-state index contributed by atoms with van der Waals surface area (Å²) in [6.45, 7) is 13.5. The second-order valence-corrected chi connectivity index (χ2v) is 21.5. The number of nitrogens with one attached hydrogen (secondary N) is 1. The summed E-state index contributed by atoms with van der Waals surface area (Å²) in [6, 6.07) is 2.64. The Kier molecular flexibility index (Phi) is 19.4. The van der Waals surface area contributed by atoms with Gasteiger partial charge in [0.2, 0.25) is 0 Å². The number of cyclic esters (lactones) is 1. The van der Waals surface area contributed by atoms with Gasteiger partial charge in [0.1, 0.15) is 11.9 Å². The molecule has 0 radical (unpaired) electrons. The maximum atomic E-state index is 14.9. The third kappa shape index (κ3) is 12.3. The molecule has 3 N–H and O–H groups in total. The first kappa shape index (κ1) is 57.5. The molecule has 20 nitrogen and oxygen atoms in total. The molecular weight excluding hydrogens is 1100 g/mol. The van der Waals surface area contributed by atoms with Crippen LogP contribution in [0.3, 0.4) is 0 Å². The molecule has 0 spiro atoms. The fourth-order valence-electron chi connectivity index (χ4n) is 10.3. The van der Waals surface area contributed by atoms with Gasteiger partial charge in [0.25, 0.3) is 5.91 Å². The van der Waals surface area contributed by atoms with Crippen LogP contribution in [-0.4, -0.2) is 179 Å². The number of halogens is 3. The Morgan fingerprint density at radius 1 is 0.986 bits per heavy atom. The molecule has 0 saturated carbocycles. The highest BCUT2D eigenvalue weighted by Crippen LogP contribution is 2.44. The van der Waals surface area contributed by atoms with Crippen molar-refractivity contribution in [1.82, 2.24) is 19.7 Å². The van der Waals surface area contributed by atoms with Crippen LogP contribution in [-0.2, 0) is 38.0 Å². The number of aliphatic hydroxyl groups is 2.